The van der Waals surface area contributed by atoms with Gasteiger partial charge in [-0.2, -0.15) is 0 Å². The number of carbonyl (C=O) groups excluding carboxylic acids is 1. The number of nitrogens with zero attached hydrogens (tertiary/aromatic N) is 1. The molecule has 2 heterocycles. The molecule has 2 rings (SSSR count). The second kappa shape index (κ2) is 4.84. The normalized spacial score (nSPS) is 25.0. The molecule has 1 aliphatic heterocycles. The summed E-state index contributed by atoms with van der Waals surface area (Å²) in [5.74, 6) is -0.239. The summed E-state index contributed by atoms with van der Waals surface area (Å²) in [6, 6.07) is 3.04. The van der Waals surface area contributed by atoms with Gasteiger partial charge in [-0.3, -0.25) is 9.59 Å². The third kappa shape index (κ3) is 2.25. The predicted octanol–water partition coefficient (Wildman–Crippen LogP) is 1.97. The molecule has 1 fully saturated rings. The van der Waals surface area contributed by atoms with Crippen molar-refractivity contribution in [3.05, 3.63) is 23.7 Å². The van der Waals surface area contributed by atoms with Gasteiger partial charge in [0.1, 0.15) is 17.6 Å². The molecule has 0 spiro atoms. The molecule has 1 N–H and O–H groups in total. The van der Waals surface area contributed by atoms with E-state index in [-0.39, 0.29) is 5.91 Å². The van der Waals surface area contributed by atoms with E-state index in [1.54, 1.807) is 26.1 Å². The molecular weight excluding hydrogens is 234 g/mol. The lowest BCUT2D eigenvalue weighted by Crippen LogP contribution is -2.35. The van der Waals surface area contributed by atoms with E-state index in [0.717, 1.165) is 5.76 Å². The van der Waals surface area contributed by atoms with E-state index in [9.17, 15) is 14.7 Å². The minimum absolute atomic E-state index is 0.0298. The second-order valence-electron chi connectivity index (χ2n) is 4.73. The Balaban J connectivity index is 2.40. The average molecular weight is 251 g/mol. The van der Waals surface area contributed by atoms with Crippen molar-refractivity contribution in [3.63, 3.8) is 0 Å². The van der Waals surface area contributed by atoms with Crippen LogP contribution in [0.5, 0.6) is 0 Å². The summed E-state index contributed by atoms with van der Waals surface area (Å²) in [6.07, 6.45) is 1.50. The van der Waals surface area contributed by atoms with Gasteiger partial charge in [0.2, 0.25) is 5.91 Å². The molecule has 1 amide bonds. The molecule has 0 radical (unpaired) electrons. The summed E-state index contributed by atoms with van der Waals surface area (Å²) in [7, 11) is 1.64. The van der Waals surface area contributed by atoms with Gasteiger partial charge in [0.05, 0.1) is 5.92 Å². The number of hydrogen-bond donors (Lipinski definition) is 1. The van der Waals surface area contributed by atoms with Gasteiger partial charge in [0.15, 0.2) is 0 Å². The molecule has 0 saturated carbocycles. The van der Waals surface area contributed by atoms with Crippen molar-refractivity contribution < 1.29 is 19.1 Å². The van der Waals surface area contributed by atoms with Crippen LogP contribution in [-0.4, -0.2) is 28.9 Å². The minimum atomic E-state index is -0.879. The summed E-state index contributed by atoms with van der Waals surface area (Å²) in [6.45, 7) is 1.80. The van der Waals surface area contributed by atoms with Gasteiger partial charge >= 0.3 is 5.97 Å². The number of likely N-dealkylation sites (tertiary alicyclic amines) is 1. The molecule has 18 heavy (non-hydrogen) atoms. The Morgan fingerprint density at radius 1 is 1.50 bits per heavy atom. The highest BCUT2D eigenvalue weighted by molar-refractivity contribution is 5.79. The molecule has 2 unspecified atom stereocenters. The van der Waals surface area contributed by atoms with E-state index < -0.39 is 17.9 Å². The van der Waals surface area contributed by atoms with Crippen LogP contribution in [0.3, 0.4) is 0 Å². The molecule has 1 saturated heterocycles. The standard InChI is InChI=1S/C13H17NO4/c1-8-6-7-10(18-8)12-9(13(16)17)4-3-5-11(15)14(12)2/h6-7,9,12H,3-5H2,1-2H3,(H,16,17). The van der Waals surface area contributed by atoms with Crippen LogP contribution in [0, 0.1) is 12.8 Å². The maximum absolute atomic E-state index is 11.9. The van der Waals surface area contributed by atoms with Crippen LogP contribution in [0.4, 0.5) is 0 Å². The number of carboxylic acid groups (broad SMARTS) is 1. The van der Waals surface area contributed by atoms with Crippen LogP contribution in [0.25, 0.3) is 0 Å². The Bertz CT molecular complexity index is 465. The number of carboxylic acids is 1. The first-order chi connectivity index (χ1) is 8.50. The van der Waals surface area contributed by atoms with Gasteiger partial charge < -0.3 is 14.4 Å². The Labute approximate surface area is 105 Å². The third-order valence-corrected chi connectivity index (χ3v) is 3.47. The zero-order chi connectivity index (χ0) is 13.3. The number of carbonyl (C=O) groups is 2. The zero-order valence-electron chi connectivity index (χ0n) is 10.5. The largest absolute Gasteiger partial charge is 0.481 e. The summed E-state index contributed by atoms with van der Waals surface area (Å²) in [5.41, 5.74) is 0. The maximum atomic E-state index is 11.9. The van der Waals surface area contributed by atoms with Crippen molar-refractivity contribution in [1.82, 2.24) is 4.90 Å². The maximum Gasteiger partial charge on any atom is 0.309 e. The summed E-state index contributed by atoms with van der Waals surface area (Å²) in [4.78, 5) is 24.7. The Morgan fingerprint density at radius 3 is 2.78 bits per heavy atom. The predicted molar refractivity (Wildman–Crippen MR) is 63.9 cm³/mol. The van der Waals surface area contributed by atoms with Gasteiger partial charge in [0, 0.05) is 13.5 Å². The summed E-state index contributed by atoms with van der Waals surface area (Å²) in [5, 5.41) is 9.33. The average Bonchev–Trinajstić information content (AvgIpc) is 2.66. The highest BCUT2D eigenvalue weighted by atomic mass is 16.4. The Kier molecular flexibility index (Phi) is 3.41. The molecule has 0 aliphatic carbocycles. The van der Waals surface area contributed by atoms with E-state index >= 15 is 0 Å². The van der Waals surface area contributed by atoms with Gasteiger partial charge in [-0.25, -0.2) is 0 Å². The number of amides is 1. The lowest BCUT2D eigenvalue weighted by molar-refractivity contribution is -0.145. The topological polar surface area (TPSA) is 70.8 Å². The molecule has 0 aromatic carbocycles. The number of furan rings is 1. The van der Waals surface area contributed by atoms with Crippen LogP contribution in [-0.2, 0) is 9.59 Å². The number of aliphatic carboxylic acids is 1. The van der Waals surface area contributed by atoms with E-state index in [4.69, 9.17) is 4.42 Å². The van der Waals surface area contributed by atoms with E-state index in [0.29, 0.717) is 25.0 Å². The van der Waals surface area contributed by atoms with Crippen molar-refractivity contribution in [3.8, 4) is 0 Å². The van der Waals surface area contributed by atoms with E-state index in [1.165, 1.54) is 4.90 Å². The molecular formula is C13H17NO4. The first-order valence-corrected chi connectivity index (χ1v) is 6.05. The van der Waals surface area contributed by atoms with Crippen molar-refractivity contribution in [2.75, 3.05) is 7.05 Å². The van der Waals surface area contributed by atoms with Gasteiger partial charge in [-0.1, -0.05) is 0 Å². The first-order valence-electron chi connectivity index (χ1n) is 6.05. The summed E-state index contributed by atoms with van der Waals surface area (Å²) >= 11 is 0. The van der Waals surface area contributed by atoms with Crippen LogP contribution < -0.4 is 0 Å². The quantitative estimate of drug-likeness (QED) is 0.872. The van der Waals surface area contributed by atoms with Gasteiger partial charge in [0.25, 0.3) is 0 Å². The SMILES string of the molecule is Cc1ccc(C2C(C(=O)O)CCCC(=O)N2C)o1. The fourth-order valence-electron chi connectivity index (χ4n) is 2.49. The number of hydrogen-bond acceptors (Lipinski definition) is 3. The lowest BCUT2D eigenvalue weighted by Gasteiger charge is -2.28. The van der Waals surface area contributed by atoms with Crippen LogP contribution in [0.15, 0.2) is 16.5 Å². The highest BCUT2D eigenvalue weighted by Gasteiger charge is 2.38. The lowest BCUT2D eigenvalue weighted by atomic mass is 9.93. The Morgan fingerprint density at radius 2 is 2.22 bits per heavy atom. The second-order valence-corrected chi connectivity index (χ2v) is 4.73. The van der Waals surface area contributed by atoms with Crippen molar-refractivity contribution >= 4 is 11.9 Å². The molecule has 98 valence electrons. The van der Waals surface area contributed by atoms with Gasteiger partial charge in [-0.05, 0) is 31.9 Å². The molecule has 1 aromatic rings. The summed E-state index contributed by atoms with van der Waals surface area (Å²) < 4.78 is 5.52. The Hall–Kier alpha value is -1.78. The molecule has 5 nitrogen and oxygen atoms in total. The molecule has 1 aliphatic rings. The molecule has 0 bridgehead atoms. The van der Waals surface area contributed by atoms with E-state index in [1.807, 2.05) is 0 Å². The minimum Gasteiger partial charge on any atom is -0.481 e. The fourth-order valence-corrected chi connectivity index (χ4v) is 2.49. The zero-order valence-corrected chi connectivity index (χ0v) is 10.5. The van der Waals surface area contributed by atoms with E-state index in [2.05, 4.69) is 0 Å². The van der Waals surface area contributed by atoms with Crippen LogP contribution in [0.1, 0.15) is 36.8 Å². The van der Waals surface area contributed by atoms with Crippen molar-refractivity contribution in [1.29, 1.82) is 0 Å². The number of aryl methyl sites for hydroxylation is 1. The van der Waals surface area contributed by atoms with Gasteiger partial charge in [-0.15, -0.1) is 0 Å². The smallest absolute Gasteiger partial charge is 0.309 e. The number of rotatable bonds is 2. The molecule has 5 heteroatoms. The first kappa shape index (κ1) is 12.7. The van der Waals surface area contributed by atoms with Crippen molar-refractivity contribution in [2.24, 2.45) is 5.92 Å². The molecule has 2 atom stereocenters. The molecule has 1 aromatic heterocycles. The van der Waals surface area contributed by atoms with Crippen LogP contribution in [0.2, 0.25) is 0 Å². The van der Waals surface area contributed by atoms with Crippen molar-refractivity contribution in [2.45, 2.75) is 32.2 Å². The third-order valence-electron chi connectivity index (χ3n) is 3.47. The highest BCUT2D eigenvalue weighted by Crippen LogP contribution is 2.35. The monoisotopic (exact) mass is 251 g/mol. The van der Waals surface area contributed by atoms with Crippen LogP contribution >= 0.6 is 0 Å². The fraction of sp³-hybridized carbons (Fsp3) is 0.538.